The summed E-state index contributed by atoms with van der Waals surface area (Å²) in [7, 11) is 0. The Kier molecular flexibility index (Phi) is 4.94. The maximum Gasteiger partial charge on any atom is 0.200 e. The number of hydrogen-bond donors (Lipinski definition) is 2. The number of likely N-dealkylation sites (tertiary alicyclic amines) is 1. The number of quaternary nitrogens is 1. The molecule has 2 N–H and O–H groups in total. The molecule has 1 aliphatic heterocycles. The number of aromatic hydroxyl groups is 1. The van der Waals surface area contributed by atoms with Crippen molar-refractivity contribution in [3.63, 3.8) is 0 Å². The fourth-order valence-electron chi connectivity index (χ4n) is 3.99. The molecule has 1 aliphatic rings. The molecule has 0 spiro atoms. The number of halogens is 1. The molecule has 0 saturated carbocycles. The van der Waals surface area contributed by atoms with Gasteiger partial charge in [-0.2, -0.15) is 0 Å². The molecule has 4 nitrogen and oxygen atoms in total. The lowest BCUT2D eigenvalue weighted by Gasteiger charge is -2.30. The molecule has 27 heavy (non-hydrogen) atoms. The Morgan fingerprint density at radius 3 is 2.70 bits per heavy atom. The van der Waals surface area contributed by atoms with E-state index in [4.69, 9.17) is 16.0 Å². The normalized spacial score (nSPS) is 20.1. The molecule has 0 amide bonds. The number of piperidine rings is 1. The fourth-order valence-corrected chi connectivity index (χ4v) is 4.12. The van der Waals surface area contributed by atoms with Gasteiger partial charge >= 0.3 is 0 Å². The number of phenols is 1. The molecule has 0 aliphatic carbocycles. The highest BCUT2D eigenvalue weighted by Crippen LogP contribution is 2.28. The van der Waals surface area contributed by atoms with Crippen molar-refractivity contribution in [1.82, 2.24) is 0 Å². The third-order valence-electron chi connectivity index (χ3n) is 5.66. The van der Waals surface area contributed by atoms with Crippen molar-refractivity contribution < 1.29 is 14.4 Å². The molecule has 1 saturated heterocycles. The molecule has 3 aromatic rings. The molecular weight excluding hydrogens is 362 g/mol. The Bertz CT molecular complexity index is 1030. The number of fused-ring (bicyclic) bond motifs is 1. The zero-order valence-electron chi connectivity index (χ0n) is 15.3. The van der Waals surface area contributed by atoms with Gasteiger partial charge in [0.2, 0.25) is 5.43 Å². The molecule has 2 heterocycles. The van der Waals surface area contributed by atoms with Gasteiger partial charge in [-0.25, -0.2) is 0 Å². The van der Waals surface area contributed by atoms with Crippen molar-refractivity contribution in [2.75, 3.05) is 6.54 Å². The zero-order valence-corrected chi connectivity index (χ0v) is 16.1. The first kappa shape index (κ1) is 18.1. The van der Waals surface area contributed by atoms with Crippen molar-refractivity contribution in [3.05, 3.63) is 63.5 Å². The van der Waals surface area contributed by atoms with Gasteiger partial charge in [-0.15, -0.1) is 0 Å². The van der Waals surface area contributed by atoms with Gasteiger partial charge in [-0.1, -0.05) is 23.7 Å². The Labute approximate surface area is 163 Å². The predicted octanol–water partition coefficient (Wildman–Crippen LogP) is 3.78. The first-order valence-electron chi connectivity index (χ1n) is 9.41. The fraction of sp³-hybridized carbons (Fsp3) is 0.318. The van der Waals surface area contributed by atoms with Crippen LogP contribution in [0.3, 0.4) is 0 Å². The van der Waals surface area contributed by atoms with Gasteiger partial charge < -0.3 is 14.4 Å². The number of phenolic OH excluding ortho intramolecular Hbond substituents is 1. The average Bonchev–Trinajstić information content (AvgIpc) is 2.67. The minimum Gasteiger partial charge on any atom is -0.507 e. The van der Waals surface area contributed by atoms with E-state index in [1.807, 2.05) is 0 Å². The third-order valence-corrected chi connectivity index (χ3v) is 5.91. The SMILES string of the molecule is C[C@@H]1CCCC[NH+]1Cc1c(O)ccc2c(=O)c(-c3ccc(Cl)cc3)coc12. The highest BCUT2D eigenvalue weighted by molar-refractivity contribution is 6.30. The van der Waals surface area contributed by atoms with Crippen LogP contribution < -0.4 is 10.3 Å². The second-order valence-electron chi connectivity index (χ2n) is 7.41. The number of rotatable bonds is 3. The molecule has 2 aromatic carbocycles. The quantitative estimate of drug-likeness (QED) is 0.722. The Hall–Kier alpha value is -2.30. The van der Waals surface area contributed by atoms with E-state index in [0.29, 0.717) is 34.1 Å². The van der Waals surface area contributed by atoms with E-state index >= 15 is 0 Å². The summed E-state index contributed by atoms with van der Waals surface area (Å²) in [5.74, 6) is 0.190. The van der Waals surface area contributed by atoms with Crippen LogP contribution in [0.2, 0.25) is 5.02 Å². The average molecular weight is 385 g/mol. The van der Waals surface area contributed by atoms with Gasteiger partial charge in [-0.05, 0) is 56.0 Å². The molecule has 1 aromatic heterocycles. The molecule has 4 rings (SSSR count). The molecule has 1 fully saturated rings. The van der Waals surface area contributed by atoms with Crippen molar-refractivity contribution >= 4 is 22.6 Å². The van der Waals surface area contributed by atoms with E-state index < -0.39 is 0 Å². The lowest BCUT2D eigenvalue weighted by Crippen LogP contribution is -3.14. The van der Waals surface area contributed by atoms with Gasteiger partial charge in [0.15, 0.2) is 0 Å². The standard InChI is InChI=1S/C22H22ClNO3/c1-14-4-2-3-11-24(14)12-18-20(25)10-9-17-21(26)19(13-27-22(17)18)15-5-7-16(23)8-6-15/h5-10,13-14,25H,2-4,11-12H2,1H3/p+1/t14-/m1/s1. The van der Waals surface area contributed by atoms with Crippen LogP contribution in [0.4, 0.5) is 0 Å². The molecule has 0 bridgehead atoms. The summed E-state index contributed by atoms with van der Waals surface area (Å²) in [6.07, 6.45) is 5.12. The van der Waals surface area contributed by atoms with E-state index in [0.717, 1.165) is 17.7 Å². The van der Waals surface area contributed by atoms with Crippen LogP contribution in [-0.4, -0.2) is 17.7 Å². The van der Waals surface area contributed by atoms with Gasteiger partial charge in [0.1, 0.15) is 24.1 Å². The van der Waals surface area contributed by atoms with Gasteiger partial charge in [-0.3, -0.25) is 4.79 Å². The summed E-state index contributed by atoms with van der Waals surface area (Å²) >= 11 is 5.94. The summed E-state index contributed by atoms with van der Waals surface area (Å²) in [5.41, 5.74) is 2.37. The Balaban J connectivity index is 1.79. The smallest absolute Gasteiger partial charge is 0.200 e. The maximum atomic E-state index is 13.1. The minimum absolute atomic E-state index is 0.0958. The summed E-state index contributed by atoms with van der Waals surface area (Å²) < 4.78 is 5.89. The van der Waals surface area contributed by atoms with Crippen LogP contribution in [0, 0.1) is 0 Å². The van der Waals surface area contributed by atoms with E-state index in [2.05, 4.69) is 6.92 Å². The molecule has 2 atom stereocenters. The van der Waals surface area contributed by atoms with Gasteiger partial charge in [0.25, 0.3) is 0 Å². The number of benzene rings is 2. The second kappa shape index (κ2) is 7.37. The largest absolute Gasteiger partial charge is 0.507 e. The van der Waals surface area contributed by atoms with E-state index in [1.165, 1.54) is 30.4 Å². The number of nitrogens with one attached hydrogen (secondary N) is 1. The summed E-state index contributed by atoms with van der Waals surface area (Å²) in [4.78, 5) is 14.5. The number of hydrogen-bond acceptors (Lipinski definition) is 3. The van der Waals surface area contributed by atoms with Gasteiger partial charge in [0.05, 0.1) is 29.1 Å². The highest BCUT2D eigenvalue weighted by atomic mass is 35.5. The van der Waals surface area contributed by atoms with Crippen molar-refractivity contribution in [2.45, 2.75) is 38.8 Å². The highest BCUT2D eigenvalue weighted by Gasteiger charge is 2.25. The van der Waals surface area contributed by atoms with Crippen LogP contribution in [0.1, 0.15) is 31.7 Å². The molecule has 1 unspecified atom stereocenters. The van der Waals surface area contributed by atoms with Crippen molar-refractivity contribution in [1.29, 1.82) is 0 Å². The lowest BCUT2D eigenvalue weighted by molar-refractivity contribution is -0.941. The van der Waals surface area contributed by atoms with E-state index in [9.17, 15) is 9.90 Å². The minimum atomic E-state index is -0.0958. The van der Waals surface area contributed by atoms with Crippen LogP contribution in [0.5, 0.6) is 5.75 Å². The van der Waals surface area contributed by atoms with Crippen LogP contribution in [0.15, 0.2) is 51.9 Å². The van der Waals surface area contributed by atoms with Crippen molar-refractivity contribution in [2.24, 2.45) is 0 Å². The van der Waals surface area contributed by atoms with Crippen molar-refractivity contribution in [3.8, 4) is 16.9 Å². The summed E-state index contributed by atoms with van der Waals surface area (Å²) in [6.45, 7) is 3.98. The third kappa shape index (κ3) is 3.47. The second-order valence-corrected chi connectivity index (χ2v) is 7.84. The monoisotopic (exact) mass is 384 g/mol. The maximum absolute atomic E-state index is 13.1. The topological polar surface area (TPSA) is 54.9 Å². The Morgan fingerprint density at radius 1 is 1.19 bits per heavy atom. The summed E-state index contributed by atoms with van der Waals surface area (Å²) in [6, 6.07) is 10.9. The summed E-state index contributed by atoms with van der Waals surface area (Å²) in [5, 5.41) is 11.6. The van der Waals surface area contributed by atoms with Crippen LogP contribution in [-0.2, 0) is 6.54 Å². The van der Waals surface area contributed by atoms with Crippen LogP contribution >= 0.6 is 11.6 Å². The van der Waals surface area contributed by atoms with Gasteiger partial charge in [0, 0.05) is 5.02 Å². The first-order chi connectivity index (χ1) is 13.0. The molecular formula is C22H23ClNO3+. The predicted molar refractivity (Wildman–Crippen MR) is 107 cm³/mol. The van der Waals surface area contributed by atoms with E-state index in [1.54, 1.807) is 36.4 Å². The first-order valence-corrected chi connectivity index (χ1v) is 9.79. The lowest BCUT2D eigenvalue weighted by atomic mass is 10.0. The zero-order chi connectivity index (χ0) is 19.0. The Morgan fingerprint density at radius 2 is 1.96 bits per heavy atom. The molecule has 0 radical (unpaired) electrons. The van der Waals surface area contributed by atoms with E-state index in [-0.39, 0.29) is 11.2 Å². The molecule has 5 heteroatoms. The van der Waals surface area contributed by atoms with Crippen LogP contribution in [0.25, 0.3) is 22.1 Å². The molecule has 140 valence electrons.